The molecule has 6 nitrogen and oxygen atoms in total. The van der Waals surface area contributed by atoms with E-state index < -0.39 is 0 Å². The number of halogens is 1. The zero-order chi connectivity index (χ0) is 19.1. The number of ether oxygens (including phenoxy) is 1. The fourth-order valence-corrected chi connectivity index (χ4v) is 3.26. The van der Waals surface area contributed by atoms with E-state index in [1.165, 1.54) is 17.8 Å². The number of hydrogen-bond donors (Lipinski definition) is 1. The first-order valence-electron chi connectivity index (χ1n) is 8.51. The number of benzene rings is 1. The van der Waals surface area contributed by atoms with Crippen LogP contribution in [0.5, 0.6) is 0 Å². The lowest BCUT2D eigenvalue weighted by Crippen LogP contribution is -2.36. The molecule has 1 aromatic heterocycles. The molecule has 0 spiro atoms. The largest absolute Gasteiger partial charge is 0.383 e. The topological polar surface area (TPSA) is 69.0 Å². The Bertz CT molecular complexity index is 736. The zero-order valence-electron chi connectivity index (χ0n) is 15.5. The van der Waals surface area contributed by atoms with Gasteiger partial charge < -0.3 is 14.6 Å². The van der Waals surface area contributed by atoms with Gasteiger partial charge in [0.05, 0.1) is 17.9 Å². The van der Waals surface area contributed by atoms with E-state index in [4.69, 9.17) is 4.74 Å². The molecule has 0 radical (unpaired) electrons. The number of hydrogen-bond acceptors (Lipinski definition) is 5. The SMILES string of the molecule is COC[C@@H](C)NC(=O)CSc1nnc(-c2ccccc2F)n1CC(C)C. The molecule has 1 atom stereocenters. The van der Waals surface area contributed by atoms with Crippen molar-refractivity contribution in [3.63, 3.8) is 0 Å². The van der Waals surface area contributed by atoms with E-state index in [1.54, 1.807) is 25.3 Å². The van der Waals surface area contributed by atoms with Gasteiger partial charge in [-0.15, -0.1) is 10.2 Å². The van der Waals surface area contributed by atoms with Crippen molar-refractivity contribution in [3.8, 4) is 11.4 Å². The minimum absolute atomic E-state index is 0.0596. The molecule has 0 unspecified atom stereocenters. The van der Waals surface area contributed by atoms with Gasteiger partial charge in [0, 0.05) is 19.7 Å². The van der Waals surface area contributed by atoms with E-state index in [0.717, 1.165) is 0 Å². The maximum absolute atomic E-state index is 14.2. The molecule has 0 saturated heterocycles. The van der Waals surface area contributed by atoms with Gasteiger partial charge >= 0.3 is 0 Å². The maximum Gasteiger partial charge on any atom is 0.230 e. The lowest BCUT2D eigenvalue weighted by Gasteiger charge is -2.14. The highest BCUT2D eigenvalue weighted by Gasteiger charge is 2.19. The van der Waals surface area contributed by atoms with Crippen molar-refractivity contribution in [2.45, 2.75) is 38.5 Å². The Hall–Kier alpha value is -1.93. The number of rotatable bonds is 9. The molecule has 8 heteroatoms. The van der Waals surface area contributed by atoms with Crippen molar-refractivity contribution < 1.29 is 13.9 Å². The van der Waals surface area contributed by atoms with Crippen LogP contribution in [0, 0.1) is 11.7 Å². The molecule has 0 fully saturated rings. The number of thioether (sulfide) groups is 1. The van der Waals surface area contributed by atoms with Crippen LogP contribution in [0.2, 0.25) is 0 Å². The Kier molecular flexibility index (Phi) is 7.59. The molecule has 0 bridgehead atoms. The highest BCUT2D eigenvalue weighted by atomic mass is 32.2. The molecule has 1 heterocycles. The fourth-order valence-electron chi connectivity index (χ4n) is 2.51. The van der Waals surface area contributed by atoms with Crippen molar-refractivity contribution in [1.82, 2.24) is 20.1 Å². The summed E-state index contributed by atoms with van der Waals surface area (Å²) in [6.45, 7) is 7.11. The van der Waals surface area contributed by atoms with Crippen LogP contribution in [0.4, 0.5) is 4.39 Å². The second kappa shape index (κ2) is 9.68. The molecule has 142 valence electrons. The van der Waals surface area contributed by atoms with E-state index in [-0.39, 0.29) is 23.5 Å². The summed E-state index contributed by atoms with van der Waals surface area (Å²) in [7, 11) is 1.59. The molecule has 2 aromatic rings. The Balaban J connectivity index is 2.16. The summed E-state index contributed by atoms with van der Waals surface area (Å²) in [6, 6.07) is 6.44. The molecular weight excluding hydrogens is 355 g/mol. The maximum atomic E-state index is 14.2. The summed E-state index contributed by atoms with van der Waals surface area (Å²) in [5, 5.41) is 11.8. The van der Waals surface area contributed by atoms with Crippen LogP contribution >= 0.6 is 11.8 Å². The summed E-state index contributed by atoms with van der Waals surface area (Å²) in [5.41, 5.74) is 0.408. The third-order valence-corrected chi connectivity index (χ3v) is 4.50. The van der Waals surface area contributed by atoms with Gasteiger partial charge in [0.1, 0.15) is 5.82 Å². The Labute approximate surface area is 157 Å². The van der Waals surface area contributed by atoms with Gasteiger partial charge in [-0.05, 0) is 25.0 Å². The van der Waals surface area contributed by atoms with Crippen LogP contribution in [0.1, 0.15) is 20.8 Å². The number of amides is 1. The summed E-state index contributed by atoms with van der Waals surface area (Å²) in [4.78, 5) is 12.1. The van der Waals surface area contributed by atoms with Crippen LogP contribution in [-0.4, -0.2) is 46.2 Å². The van der Waals surface area contributed by atoms with Crippen LogP contribution in [0.3, 0.4) is 0 Å². The van der Waals surface area contributed by atoms with Crippen molar-refractivity contribution in [2.75, 3.05) is 19.5 Å². The van der Waals surface area contributed by atoms with E-state index in [2.05, 4.69) is 29.4 Å². The van der Waals surface area contributed by atoms with Crippen LogP contribution in [0.25, 0.3) is 11.4 Å². The van der Waals surface area contributed by atoms with Crippen LogP contribution in [0.15, 0.2) is 29.4 Å². The van der Waals surface area contributed by atoms with Gasteiger partial charge in [0.25, 0.3) is 0 Å². The lowest BCUT2D eigenvalue weighted by atomic mass is 10.2. The van der Waals surface area contributed by atoms with E-state index in [0.29, 0.717) is 35.6 Å². The van der Waals surface area contributed by atoms with Crippen molar-refractivity contribution in [3.05, 3.63) is 30.1 Å². The number of carbonyl (C=O) groups is 1. The first-order chi connectivity index (χ1) is 12.4. The number of aromatic nitrogens is 3. The average Bonchev–Trinajstić information content (AvgIpc) is 2.95. The van der Waals surface area contributed by atoms with Crippen molar-refractivity contribution in [1.29, 1.82) is 0 Å². The molecular formula is C18H25FN4O2S. The second-order valence-electron chi connectivity index (χ2n) is 6.50. The molecule has 0 aliphatic rings. The predicted octanol–water partition coefficient (Wildman–Crippen LogP) is 2.98. The third-order valence-electron chi connectivity index (χ3n) is 3.54. The smallest absolute Gasteiger partial charge is 0.230 e. The standard InChI is InChI=1S/C18H25FN4O2S/c1-12(2)9-23-17(14-7-5-6-8-15(14)19)21-22-18(23)26-11-16(24)20-13(3)10-25-4/h5-8,12-13H,9-11H2,1-4H3,(H,20,24)/t13-/m1/s1. The normalized spacial score (nSPS) is 12.4. The number of carbonyl (C=O) groups excluding carboxylic acids is 1. The summed E-state index contributed by atoms with van der Waals surface area (Å²) < 4.78 is 21.1. The van der Waals surface area contributed by atoms with E-state index in [9.17, 15) is 9.18 Å². The fraction of sp³-hybridized carbons (Fsp3) is 0.500. The highest BCUT2D eigenvalue weighted by molar-refractivity contribution is 7.99. The van der Waals surface area contributed by atoms with Gasteiger partial charge in [-0.2, -0.15) is 0 Å². The van der Waals surface area contributed by atoms with Crippen LogP contribution < -0.4 is 5.32 Å². The molecule has 1 aromatic carbocycles. The third kappa shape index (κ3) is 5.54. The van der Waals surface area contributed by atoms with Gasteiger partial charge in [-0.1, -0.05) is 37.7 Å². The van der Waals surface area contributed by atoms with Gasteiger partial charge in [-0.3, -0.25) is 4.79 Å². The highest BCUT2D eigenvalue weighted by Crippen LogP contribution is 2.26. The van der Waals surface area contributed by atoms with Crippen molar-refractivity contribution >= 4 is 17.7 Å². The summed E-state index contributed by atoms with van der Waals surface area (Å²) >= 11 is 1.29. The number of nitrogens with zero attached hydrogens (tertiary/aromatic N) is 3. The quantitative estimate of drug-likeness (QED) is 0.678. The van der Waals surface area contributed by atoms with Gasteiger partial charge in [0.15, 0.2) is 11.0 Å². The van der Waals surface area contributed by atoms with Gasteiger partial charge in [-0.25, -0.2) is 4.39 Å². The number of nitrogens with one attached hydrogen (secondary N) is 1. The molecule has 2 rings (SSSR count). The van der Waals surface area contributed by atoms with Crippen LogP contribution in [-0.2, 0) is 16.1 Å². The Morgan fingerprint density at radius 3 is 2.69 bits per heavy atom. The Morgan fingerprint density at radius 2 is 2.04 bits per heavy atom. The summed E-state index contributed by atoms with van der Waals surface area (Å²) in [5.74, 6) is 0.569. The summed E-state index contributed by atoms with van der Waals surface area (Å²) in [6.07, 6.45) is 0. The Morgan fingerprint density at radius 1 is 1.31 bits per heavy atom. The first-order valence-corrected chi connectivity index (χ1v) is 9.50. The molecule has 0 saturated carbocycles. The second-order valence-corrected chi connectivity index (χ2v) is 7.45. The molecule has 0 aliphatic heterocycles. The average molecular weight is 380 g/mol. The minimum Gasteiger partial charge on any atom is -0.383 e. The first kappa shape index (κ1) is 20.4. The van der Waals surface area contributed by atoms with Crippen molar-refractivity contribution in [2.24, 2.45) is 5.92 Å². The molecule has 26 heavy (non-hydrogen) atoms. The molecule has 1 N–H and O–H groups in total. The van der Waals surface area contributed by atoms with Gasteiger partial charge in [0.2, 0.25) is 5.91 Å². The number of methoxy groups -OCH3 is 1. The zero-order valence-corrected chi connectivity index (χ0v) is 16.3. The molecule has 1 amide bonds. The lowest BCUT2D eigenvalue weighted by molar-refractivity contribution is -0.119. The van der Waals surface area contributed by atoms with E-state index >= 15 is 0 Å². The minimum atomic E-state index is -0.340. The van der Waals surface area contributed by atoms with E-state index in [1.807, 2.05) is 11.5 Å². The molecule has 0 aliphatic carbocycles. The predicted molar refractivity (Wildman–Crippen MR) is 100 cm³/mol. The monoisotopic (exact) mass is 380 g/mol.